The van der Waals surface area contributed by atoms with Crippen molar-refractivity contribution in [1.29, 1.82) is 0 Å². The lowest BCUT2D eigenvalue weighted by Crippen LogP contribution is -2.68. The summed E-state index contributed by atoms with van der Waals surface area (Å²) in [4.78, 5) is 41.9. The first-order chi connectivity index (χ1) is 44.3. The van der Waals surface area contributed by atoms with Crippen LogP contribution in [0, 0.1) is 11.8 Å². The number of benzene rings is 1. The van der Waals surface area contributed by atoms with Crippen LogP contribution in [0.4, 0.5) is 0 Å². The lowest BCUT2D eigenvalue weighted by atomic mass is 9.82. The summed E-state index contributed by atoms with van der Waals surface area (Å²) < 4.78 is 83.2. The molecule has 16 atom stereocenters. The van der Waals surface area contributed by atoms with Crippen LogP contribution in [0.1, 0.15) is 185 Å². The number of hydrogen-bond donors (Lipinski definition) is 0. The highest BCUT2D eigenvalue weighted by Crippen LogP contribution is 2.49. The summed E-state index contributed by atoms with van der Waals surface area (Å²) >= 11 is 0. The molecule has 20 heteroatoms. The first kappa shape index (κ1) is 85.1. The molecule has 0 aliphatic carbocycles. The van der Waals surface area contributed by atoms with Crippen LogP contribution in [-0.4, -0.2) is 166 Å². The summed E-state index contributed by atoms with van der Waals surface area (Å²) in [7, 11) is -9.17. The van der Waals surface area contributed by atoms with Crippen LogP contribution in [0.25, 0.3) is 0 Å². The Labute approximate surface area is 594 Å². The maximum Gasteiger partial charge on any atom is 0.338 e. The Morgan fingerprint density at radius 3 is 1.70 bits per heavy atom. The van der Waals surface area contributed by atoms with E-state index in [0.29, 0.717) is 44.3 Å². The first-order valence-electron chi connectivity index (χ1n) is 36.3. The summed E-state index contributed by atoms with van der Waals surface area (Å²) in [5.41, 5.74) is 2.47. The molecule has 0 amide bonds. The van der Waals surface area contributed by atoms with E-state index in [0.717, 1.165) is 30.4 Å². The molecule has 554 valence electrons. The number of carbonyl (C=O) groups excluding carboxylic acids is 3. The third-order valence-electron chi connectivity index (χ3n) is 23.8. The van der Waals surface area contributed by atoms with Crippen molar-refractivity contribution in [3.63, 3.8) is 0 Å². The van der Waals surface area contributed by atoms with E-state index in [-0.39, 0.29) is 104 Å². The van der Waals surface area contributed by atoms with Crippen molar-refractivity contribution in [2.24, 2.45) is 11.8 Å². The fraction of sp³-hybridized carbons (Fsp3) is 0.779. The van der Waals surface area contributed by atoms with Crippen molar-refractivity contribution in [2.75, 3.05) is 20.8 Å². The van der Waals surface area contributed by atoms with E-state index < -0.39 is 90.3 Å². The number of allylic oxidation sites excluding steroid dienone is 1. The van der Waals surface area contributed by atoms with Crippen molar-refractivity contribution in [3.8, 4) is 0 Å². The predicted molar refractivity (Wildman–Crippen MR) is 406 cm³/mol. The Hall–Kier alpha value is -2.53. The second-order valence-corrected chi connectivity index (χ2v) is 60.2. The summed E-state index contributed by atoms with van der Waals surface area (Å²) in [5, 5.41) is -0.642. The van der Waals surface area contributed by atoms with E-state index in [1.54, 1.807) is 31.4 Å². The van der Waals surface area contributed by atoms with Crippen LogP contribution in [0.5, 0.6) is 0 Å². The second kappa shape index (κ2) is 33.5. The first-order valence-corrected chi connectivity index (χ1v) is 50.9. The van der Waals surface area contributed by atoms with E-state index in [1.807, 2.05) is 24.3 Å². The molecule has 0 aromatic heterocycles. The molecule has 4 heterocycles. The monoisotopic (exact) mass is 1440 g/mol. The molecular weight excluding hydrogens is 1310 g/mol. The van der Waals surface area contributed by atoms with Gasteiger partial charge in [-0.25, -0.2) is 4.79 Å². The minimum Gasteiger partial charge on any atom is -0.469 e. The van der Waals surface area contributed by atoms with Crippen molar-refractivity contribution in [3.05, 3.63) is 85.0 Å². The summed E-state index contributed by atoms with van der Waals surface area (Å²) in [6.07, 6.45) is 3.94. The molecule has 4 aliphatic rings. The smallest absolute Gasteiger partial charge is 0.338 e. The molecule has 0 spiro atoms. The van der Waals surface area contributed by atoms with Crippen LogP contribution in [0.3, 0.4) is 0 Å². The number of methoxy groups -OCH3 is 2. The fourth-order valence-electron chi connectivity index (χ4n) is 12.2. The van der Waals surface area contributed by atoms with Crippen molar-refractivity contribution in [1.82, 2.24) is 0 Å². The maximum absolute atomic E-state index is 14.5. The normalized spacial score (nSPS) is 28.5. The molecule has 0 bridgehead atoms. The minimum atomic E-state index is -2.66. The van der Waals surface area contributed by atoms with E-state index in [1.165, 1.54) is 7.11 Å². The van der Waals surface area contributed by atoms with Gasteiger partial charge in [-0.1, -0.05) is 154 Å². The van der Waals surface area contributed by atoms with Gasteiger partial charge in [-0.2, -0.15) is 0 Å². The minimum absolute atomic E-state index is 0.0220. The zero-order valence-electron chi connectivity index (χ0n) is 65.9. The van der Waals surface area contributed by atoms with Gasteiger partial charge >= 0.3 is 11.9 Å². The summed E-state index contributed by atoms with van der Waals surface area (Å²) in [6, 6.07) is 9.04. The van der Waals surface area contributed by atoms with Crippen LogP contribution in [-0.2, 0) is 64.9 Å². The molecule has 4 fully saturated rings. The second-order valence-electron chi connectivity index (χ2n) is 36.3. The van der Waals surface area contributed by atoms with Gasteiger partial charge < -0.3 is 55.3 Å². The van der Waals surface area contributed by atoms with Gasteiger partial charge in [0.1, 0.15) is 24.4 Å². The Morgan fingerprint density at radius 2 is 1.16 bits per heavy atom. The Kier molecular flexibility index (Phi) is 29.4. The van der Waals surface area contributed by atoms with Gasteiger partial charge in [-0.3, -0.25) is 9.59 Å². The van der Waals surface area contributed by atoms with Gasteiger partial charge in [-0.05, 0) is 164 Å². The van der Waals surface area contributed by atoms with Gasteiger partial charge in [0.2, 0.25) is 0 Å². The third kappa shape index (κ3) is 22.5. The lowest BCUT2D eigenvalue weighted by molar-refractivity contribution is -0.227. The molecule has 5 rings (SSSR count). The largest absolute Gasteiger partial charge is 0.469 e. The highest BCUT2D eigenvalue weighted by molar-refractivity contribution is 6.76. The number of carbonyl (C=O) groups is 3. The van der Waals surface area contributed by atoms with Crippen molar-refractivity contribution in [2.45, 2.75) is 351 Å². The van der Waals surface area contributed by atoms with Gasteiger partial charge in [-0.15, -0.1) is 6.58 Å². The fourth-order valence-corrected chi connectivity index (χ4v) is 18.4. The van der Waals surface area contributed by atoms with Crippen LogP contribution >= 0.6 is 0 Å². The average Bonchev–Trinajstić information content (AvgIpc) is 1.13. The zero-order valence-corrected chi connectivity index (χ0v) is 70.9. The van der Waals surface area contributed by atoms with Crippen LogP contribution in [0.15, 0.2) is 79.4 Å². The quantitative estimate of drug-likeness (QED) is 0.0298. The lowest BCUT2D eigenvalue weighted by Gasteiger charge is -2.54. The molecule has 0 radical (unpaired) electrons. The summed E-state index contributed by atoms with van der Waals surface area (Å²) in [5.74, 6) is -0.943. The standard InChI is InChI=1S/C77H136O15Si5/c1-32-36-61-68(88-72(80)54-37-34-33-35-38-54)70(91-96(28,29)76(14,15)16)71(92-97(30,31)77(17,18)19)69(87-61)62(90-95(26,27)75(11,12)13)43-40-55(78)39-41-56-46-52(3)60(84-56)44-42-57-45-51(2)53(4)63(85-57)49-64-59(48-66(79)81-20)67(82-21)65(86-64)47-58(89-94(24,25)74(8,9)10)50-83-93(22,23)73(5,6)7/h32-35,37-38,40,43,51,56-65,67-71H,1,3-4,36,39,41-42,44-50H2,2,5-31H3/b43-40+/t51?,56-,57-,58?,59?,60-,61?,62-,63+,64-,65+,67+,68-,69-,70?,71?/m0/s1. The SMILES string of the molecule is C=CCC1O[C@@H]([C@H](/C=C/C(=O)CC[C@H]2CC(=C)[C@H](CC[C@H]3CC(C)C(=C)[C@@H](C[C@@H]4O[C@H](CC(CO[Si](C)(C)C(C)(C)C)O[Si](C)(C)C(C)(C)C)[C@H](OC)C4CC(=O)OC)O3)O2)O[Si](C)(C)C(C)(C)C)C(O[Si](C)(C)C(C)(C)C)C(O[Si](C)(C)C(C)(C)C)[C@H]1OC(=O)c1ccccc1. The predicted octanol–water partition coefficient (Wildman–Crippen LogP) is 18.6. The highest BCUT2D eigenvalue weighted by Gasteiger charge is 2.58. The highest BCUT2D eigenvalue weighted by atomic mass is 28.4. The molecule has 0 saturated carbocycles. The number of ether oxygens (including phenoxy) is 7. The maximum atomic E-state index is 14.5. The van der Waals surface area contributed by atoms with Crippen molar-refractivity contribution < 1.29 is 69.7 Å². The molecule has 15 nitrogen and oxygen atoms in total. The van der Waals surface area contributed by atoms with Crippen LogP contribution in [0.2, 0.25) is 90.7 Å². The number of ketones is 1. The topological polar surface area (TPSA) is 162 Å². The van der Waals surface area contributed by atoms with Crippen LogP contribution < -0.4 is 0 Å². The van der Waals surface area contributed by atoms with E-state index >= 15 is 0 Å². The molecular formula is C77H136O15Si5. The van der Waals surface area contributed by atoms with E-state index in [4.69, 9.17) is 55.3 Å². The molecule has 1 aromatic carbocycles. The number of esters is 2. The van der Waals surface area contributed by atoms with E-state index in [2.05, 4.69) is 196 Å². The molecule has 1 aromatic rings. The average molecular weight is 1440 g/mol. The molecule has 4 saturated heterocycles. The van der Waals surface area contributed by atoms with E-state index in [9.17, 15) is 14.4 Å². The number of rotatable bonds is 31. The molecule has 0 N–H and O–H groups in total. The zero-order chi connectivity index (χ0) is 73.6. The van der Waals surface area contributed by atoms with Gasteiger partial charge in [0.05, 0.1) is 80.6 Å². The molecule has 97 heavy (non-hydrogen) atoms. The Bertz CT molecular complexity index is 2800. The van der Waals surface area contributed by atoms with Gasteiger partial charge in [0.15, 0.2) is 53.5 Å². The Morgan fingerprint density at radius 1 is 0.619 bits per heavy atom. The summed E-state index contributed by atoms with van der Waals surface area (Å²) in [6.45, 7) is 71.7. The van der Waals surface area contributed by atoms with Gasteiger partial charge in [0.25, 0.3) is 0 Å². The van der Waals surface area contributed by atoms with Gasteiger partial charge in [0, 0.05) is 32.3 Å². The molecule has 6 unspecified atom stereocenters. The molecule has 4 aliphatic heterocycles. The van der Waals surface area contributed by atoms with Crippen molar-refractivity contribution >= 4 is 59.3 Å². The number of hydrogen-bond acceptors (Lipinski definition) is 15. The third-order valence-corrected chi connectivity index (χ3v) is 46.2. The Balaban J connectivity index is 1.36.